The second kappa shape index (κ2) is 4.66. The standard InChI is InChI=1S/C6H11Cl3O/c1-2-3-5(10)4-6(7,8)9/h5,10H,2-4H2,1H3. The smallest absolute Gasteiger partial charge is 0.193 e. The molecule has 0 bridgehead atoms. The van der Waals surface area contributed by atoms with Gasteiger partial charge in [0.2, 0.25) is 0 Å². The van der Waals surface area contributed by atoms with Gasteiger partial charge in [-0.3, -0.25) is 0 Å². The summed E-state index contributed by atoms with van der Waals surface area (Å²) in [6.07, 6.45) is 1.32. The summed E-state index contributed by atoms with van der Waals surface area (Å²) in [6, 6.07) is 0. The van der Waals surface area contributed by atoms with Gasteiger partial charge < -0.3 is 5.11 Å². The van der Waals surface area contributed by atoms with Crippen LogP contribution in [0.4, 0.5) is 0 Å². The molecule has 0 heterocycles. The largest absolute Gasteiger partial charge is 0.393 e. The average molecular weight is 206 g/mol. The third-order valence-corrected chi connectivity index (χ3v) is 1.55. The molecule has 0 saturated heterocycles. The minimum absolute atomic E-state index is 0.214. The van der Waals surface area contributed by atoms with Gasteiger partial charge in [0.25, 0.3) is 0 Å². The predicted molar refractivity (Wildman–Crippen MR) is 45.8 cm³/mol. The monoisotopic (exact) mass is 204 g/mol. The third-order valence-electron chi connectivity index (χ3n) is 1.09. The molecule has 1 nitrogen and oxygen atoms in total. The number of halogens is 3. The van der Waals surface area contributed by atoms with Crippen LogP contribution in [-0.2, 0) is 0 Å². The van der Waals surface area contributed by atoms with Crippen molar-refractivity contribution in [3.63, 3.8) is 0 Å². The molecule has 0 aromatic rings. The number of aliphatic hydroxyl groups is 1. The summed E-state index contributed by atoms with van der Waals surface area (Å²) < 4.78 is -1.31. The lowest BCUT2D eigenvalue weighted by Gasteiger charge is -2.14. The molecular weight excluding hydrogens is 194 g/mol. The van der Waals surface area contributed by atoms with Crippen molar-refractivity contribution in [3.8, 4) is 0 Å². The van der Waals surface area contributed by atoms with Crippen LogP contribution in [-0.4, -0.2) is 15.0 Å². The van der Waals surface area contributed by atoms with E-state index in [1.165, 1.54) is 0 Å². The van der Waals surface area contributed by atoms with Crippen LogP contribution in [0.5, 0.6) is 0 Å². The van der Waals surface area contributed by atoms with Crippen LogP contribution in [0.15, 0.2) is 0 Å². The zero-order valence-corrected chi connectivity index (χ0v) is 8.05. The first-order valence-corrected chi connectivity index (χ1v) is 4.34. The summed E-state index contributed by atoms with van der Waals surface area (Å²) in [6.45, 7) is 1.97. The minimum atomic E-state index is -1.31. The van der Waals surface area contributed by atoms with Gasteiger partial charge >= 0.3 is 0 Å². The molecule has 0 amide bonds. The van der Waals surface area contributed by atoms with Gasteiger partial charge in [-0.25, -0.2) is 0 Å². The Balaban J connectivity index is 3.47. The Morgan fingerprint density at radius 2 is 1.90 bits per heavy atom. The predicted octanol–water partition coefficient (Wildman–Crippen LogP) is 2.91. The molecule has 1 unspecified atom stereocenters. The van der Waals surface area contributed by atoms with E-state index in [4.69, 9.17) is 39.9 Å². The highest BCUT2D eigenvalue weighted by molar-refractivity contribution is 6.67. The molecular formula is C6H11Cl3O. The molecule has 0 aromatic heterocycles. The summed E-state index contributed by atoms with van der Waals surface area (Å²) >= 11 is 16.3. The van der Waals surface area contributed by atoms with E-state index in [-0.39, 0.29) is 6.42 Å². The van der Waals surface area contributed by atoms with E-state index < -0.39 is 9.90 Å². The highest BCUT2D eigenvalue weighted by atomic mass is 35.6. The molecule has 0 rings (SSSR count). The van der Waals surface area contributed by atoms with Crippen molar-refractivity contribution in [3.05, 3.63) is 0 Å². The van der Waals surface area contributed by atoms with Crippen molar-refractivity contribution in [1.29, 1.82) is 0 Å². The van der Waals surface area contributed by atoms with E-state index >= 15 is 0 Å². The first-order valence-electron chi connectivity index (χ1n) is 3.20. The molecule has 0 fully saturated rings. The summed E-state index contributed by atoms with van der Waals surface area (Å²) in [5.41, 5.74) is 0. The van der Waals surface area contributed by atoms with Crippen molar-refractivity contribution in [1.82, 2.24) is 0 Å². The molecule has 1 N–H and O–H groups in total. The second-order valence-corrected chi connectivity index (χ2v) is 4.78. The zero-order valence-electron chi connectivity index (χ0n) is 5.78. The number of hydrogen-bond donors (Lipinski definition) is 1. The first kappa shape index (κ1) is 10.8. The van der Waals surface area contributed by atoms with E-state index in [0.717, 1.165) is 6.42 Å². The van der Waals surface area contributed by atoms with Gasteiger partial charge in [-0.1, -0.05) is 48.1 Å². The van der Waals surface area contributed by atoms with Gasteiger partial charge in [-0.2, -0.15) is 0 Å². The van der Waals surface area contributed by atoms with Crippen molar-refractivity contribution in [2.24, 2.45) is 0 Å². The Labute approximate surface area is 76.3 Å². The van der Waals surface area contributed by atoms with Gasteiger partial charge in [-0.05, 0) is 6.42 Å². The van der Waals surface area contributed by atoms with Crippen LogP contribution >= 0.6 is 34.8 Å². The molecule has 4 heteroatoms. The molecule has 0 aliphatic carbocycles. The van der Waals surface area contributed by atoms with Crippen molar-refractivity contribution in [2.45, 2.75) is 36.1 Å². The molecule has 0 aliphatic heterocycles. The molecule has 0 spiro atoms. The lowest BCUT2D eigenvalue weighted by atomic mass is 10.2. The molecule has 0 radical (unpaired) electrons. The van der Waals surface area contributed by atoms with Crippen LogP contribution in [0.25, 0.3) is 0 Å². The maximum absolute atomic E-state index is 9.13. The van der Waals surface area contributed by atoms with Gasteiger partial charge in [0, 0.05) is 6.42 Å². The van der Waals surface area contributed by atoms with Gasteiger partial charge in [0.05, 0.1) is 6.10 Å². The quantitative estimate of drug-likeness (QED) is 0.703. The normalized spacial score (nSPS) is 15.3. The third kappa shape index (κ3) is 6.94. The Morgan fingerprint density at radius 1 is 1.40 bits per heavy atom. The molecule has 0 saturated carbocycles. The SMILES string of the molecule is CCCC(O)CC(Cl)(Cl)Cl. The number of rotatable bonds is 3. The maximum atomic E-state index is 9.13. The maximum Gasteiger partial charge on any atom is 0.193 e. The van der Waals surface area contributed by atoms with Crippen LogP contribution in [0.1, 0.15) is 26.2 Å². The fourth-order valence-electron chi connectivity index (χ4n) is 0.702. The van der Waals surface area contributed by atoms with Gasteiger partial charge in [0.1, 0.15) is 0 Å². The fourth-order valence-corrected chi connectivity index (χ4v) is 1.24. The Bertz CT molecular complexity index is 89.5. The Hall–Kier alpha value is 0.830. The topological polar surface area (TPSA) is 20.2 Å². The van der Waals surface area contributed by atoms with E-state index in [1.807, 2.05) is 6.92 Å². The van der Waals surface area contributed by atoms with Gasteiger partial charge in [0.15, 0.2) is 3.79 Å². The summed E-state index contributed by atoms with van der Waals surface area (Å²) in [4.78, 5) is 0. The van der Waals surface area contributed by atoms with Crippen molar-refractivity contribution < 1.29 is 5.11 Å². The van der Waals surface area contributed by atoms with Crippen LogP contribution in [0.3, 0.4) is 0 Å². The number of hydrogen-bond acceptors (Lipinski definition) is 1. The first-order chi connectivity index (χ1) is 4.45. The average Bonchev–Trinajstić information content (AvgIpc) is 1.59. The Morgan fingerprint density at radius 3 is 2.20 bits per heavy atom. The summed E-state index contributed by atoms with van der Waals surface area (Å²) in [5, 5.41) is 9.13. The van der Waals surface area contributed by atoms with E-state index in [0.29, 0.717) is 6.42 Å². The van der Waals surface area contributed by atoms with Crippen LogP contribution < -0.4 is 0 Å². The van der Waals surface area contributed by atoms with Crippen LogP contribution in [0.2, 0.25) is 0 Å². The van der Waals surface area contributed by atoms with E-state index in [2.05, 4.69) is 0 Å². The summed E-state index contributed by atoms with van der Waals surface area (Å²) in [7, 11) is 0. The minimum Gasteiger partial charge on any atom is -0.393 e. The highest BCUT2D eigenvalue weighted by Crippen LogP contribution is 2.32. The second-order valence-electron chi connectivity index (χ2n) is 2.26. The lowest BCUT2D eigenvalue weighted by molar-refractivity contribution is 0.155. The number of alkyl halides is 3. The van der Waals surface area contributed by atoms with E-state index in [9.17, 15) is 0 Å². The lowest BCUT2D eigenvalue weighted by Crippen LogP contribution is -2.15. The molecule has 10 heavy (non-hydrogen) atoms. The highest BCUT2D eigenvalue weighted by Gasteiger charge is 2.23. The van der Waals surface area contributed by atoms with E-state index in [1.54, 1.807) is 0 Å². The van der Waals surface area contributed by atoms with Crippen molar-refractivity contribution >= 4 is 34.8 Å². The molecule has 0 aliphatic rings. The Kier molecular flexibility index (Phi) is 5.04. The zero-order chi connectivity index (χ0) is 8.20. The van der Waals surface area contributed by atoms with Crippen LogP contribution in [0, 0.1) is 0 Å². The summed E-state index contributed by atoms with van der Waals surface area (Å²) in [5.74, 6) is 0. The fraction of sp³-hybridized carbons (Fsp3) is 1.00. The van der Waals surface area contributed by atoms with Gasteiger partial charge in [-0.15, -0.1) is 0 Å². The molecule has 62 valence electrons. The number of aliphatic hydroxyl groups excluding tert-OH is 1. The molecule has 1 atom stereocenters. The van der Waals surface area contributed by atoms with Crippen molar-refractivity contribution in [2.75, 3.05) is 0 Å². The molecule has 0 aromatic carbocycles.